The van der Waals surface area contributed by atoms with E-state index >= 15 is 0 Å². The van der Waals surface area contributed by atoms with E-state index in [-0.39, 0.29) is 18.8 Å². The molecule has 1 saturated carbocycles. The lowest BCUT2D eigenvalue weighted by Crippen LogP contribution is -3.00. The van der Waals surface area contributed by atoms with Crippen molar-refractivity contribution in [1.29, 1.82) is 0 Å². The topological polar surface area (TPSA) is 8.81 Å². The fourth-order valence-electron chi connectivity index (χ4n) is 5.09. The van der Waals surface area contributed by atoms with Gasteiger partial charge in [-0.05, 0) is 44.2 Å². The Bertz CT molecular complexity index is 1210. The van der Waals surface area contributed by atoms with Crippen LogP contribution in [0.15, 0.2) is 30.6 Å². The Balaban J connectivity index is 0.00000705. The summed E-state index contributed by atoms with van der Waals surface area (Å²) in [4.78, 5) is 0. The number of unbranched alkanes of at least 4 members (excludes halogenated alkanes) is 8. The Hall–Kier alpha value is -1.47. The molecule has 0 saturated heterocycles. The van der Waals surface area contributed by atoms with Crippen molar-refractivity contribution in [2.24, 2.45) is 0 Å². The zero-order chi connectivity index (χ0) is 33.0. The minimum absolute atomic E-state index is 0. The summed E-state index contributed by atoms with van der Waals surface area (Å²) in [5.74, 6) is -25.6. The number of halogens is 14. The van der Waals surface area contributed by atoms with Gasteiger partial charge in [0.1, 0.15) is 18.9 Å². The number of nitrogens with zero attached hydrogens (tertiary/aromatic N) is 2. The van der Waals surface area contributed by atoms with Crippen LogP contribution in [0.4, 0.5) is 48.3 Å². The van der Waals surface area contributed by atoms with E-state index in [1.165, 1.54) is 5.82 Å². The fraction of sp³-hybridized carbons (Fsp3) is 0.690. The molecule has 0 aliphatic heterocycles. The number of aromatic nitrogens is 2. The van der Waals surface area contributed by atoms with Crippen molar-refractivity contribution in [1.82, 2.24) is 4.57 Å². The van der Waals surface area contributed by atoms with E-state index < -0.39 is 42.7 Å². The molecule has 1 aliphatic carbocycles. The summed E-state index contributed by atoms with van der Waals surface area (Å²) in [6.07, 6.45) is 1.47. The molecule has 2 nitrogen and oxygen atoms in total. The first-order chi connectivity index (χ1) is 20.3. The van der Waals surface area contributed by atoms with Crippen molar-refractivity contribution < 1.29 is 65.3 Å². The van der Waals surface area contributed by atoms with E-state index in [4.69, 9.17) is 23.2 Å². The monoisotopic (exact) mass is 724 g/mol. The molecular formula is C29H34Cl3F11N2. The van der Waals surface area contributed by atoms with Crippen molar-refractivity contribution in [3.63, 3.8) is 0 Å². The SMILES string of the molecule is FC(F)(F)C(F)(F)C(F)(F)C(F)(F)C(F)(F)CCCCCCCCCCCn1cc[n+](Cc2c(Cl)cccc2Cl)c1C1CC1.[Cl-]. The highest BCUT2D eigenvalue weighted by molar-refractivity contribution is 6.35. The third-order valence-corrected chi connectivity index (χ3v) is 8.55. The Kier molecular flexibility index (Phi) is 13.8. The number of imidazole rings is 1. The van der Waals surface area contributed by atoms with E-state index in [2.05, 4.69) is 9.13 Å². The molecule has 0 radical (unpaired) electrons. The van der Waals surface area contributed by atoms with Crippen LogP contribution >= 0.6 is 23.2 Å². The second-order valence-corrected chi connectivity index (χ2v) is 12.1. The molecule has 1 heterocycles. The number of rotatable bonds is 18. The molecule has 1 fully saturated rings. The summed E-state index contributed by atoms with van der Waals surface area (Å²) in [7, 11) is 0. The Morgan fingerprint density at radius 3 is 1.67 bits per heavy atom. The van der Waals surface area contributed by atoms with Gasteiger partial charge in [-0.1, -0.05) is 67.8 Å². The molecule has 0 bridgehead atoms. The normalized spacial score (nSPS) is 15.0. The van der Waals surface area contributed by atoms with E-state index in [1.807, 2.05) is 12.4 Å². The van der Waals surface area contributed by atoms with Gasteiger partial charge in [-0.25, -0.2) is 9.13 Å². The first kappa shape index (κ1) is 39.7. The van der Waals surface area contributed by atoms with Gasteiger partial charge < -0.3 is 12.4 Å². The highest BCUT2D eigenvalue weighted by Crippen LogP contribution is 2.58. The molecule has 16 heteroatoms. The second-order valence-electron chi connectivity index (χ2n) is 11.3. The predicted molar refractivity (Wildman–Crippen MR) is 144 cm³/mol. The van der Waals surface area contributed by atoms with Gasteiger partial charge in [-0.3, -0.25) is 0 Å². The first-order valence-electron chi connectivity index (χ1n) is 14.4. The molecule has 0 amide bonds. The fourth-order valence-corrected chi connectivity index (χ4v) is 5.61. The van der Waals surface area contributed by atoms with Crippen LogP contribution in [0.5, 0.6) is 0 Å². The van der Waals surface area contributed by atoms with Gasteiger partial charge in [-0.15, -0.1) is 0 Å². The highest BCUT2D eigenvalue weighted by Gasteiger charge is 2.86. The molecule has 0 unspecified atom stereocenters. The van der Waals surface area contributed by atoms with E-state index in [9.17, 15) is 48.3 Å². The molecule has 0 N–H and O–H groups in total. The van der Waals surface area contributed by atoms with Gasteiger partial charge in [-0.2, -0.15) is 48.3 Å². The van der Waals surface area contributed by atoms with Crippen molar-refractivity contribution in [3.8, 4) is 0 Å². The summed E-state index contributed by atoms with van der Waals surface area (Å²) < 4.78 is 148. The molecule has 1 aromatic heterocycles. The zero-order valence-corrected chi connectivity index (χ0v) is 26.3. The summed E-state index contributed by atoms with van der Waals surface area (Å²) in [6.45, 7) is 1.39. The molecule has 1 aromatic carbocycles. The quantitative estimate of drug-likeness (QED) is 0.0837. The Morgan fingerprint density at radius 2 is 1.18 bits per heavy atom. The molecule has 1 aliphatic rings. The second kappa shape index (κ2) is 15.6. The minimum atomic E-state index is -7.33. The highest BCUT2D eigenvalue weighted by atomic mass is 35.5. The van der Waals surface area contributed by atoms with Crippen LogP contribution in [0.25, 0.3) is 0 Å². The largest absolute Gasteiger partial charge is 1.00 e. The van der Waals surface area contributed by atoms with E-state index in [1.54, 1.807) is 18.2 Å². The molecule has 3 rings (SSSR count). The maximum Gasteiger partial charge on any atom is 0.460 e. The lowest BCUT2D eigenvalue weighted by Gasteiger charge is -2.37. The van der Waals surface area contributed by atoms with Gasteiger partial charge in [0.25, 0.3) is 5.82 Å². The lowest BCUT2D eigenvalue weighted by atomic mass is 9.94. The van der Waals surface area contributed by atoms with Gasteiger partial charge in [0.2, 0.25) is 0 Å². The van der Waals surface area contributed by atoms with Crippen LogP contribution in [0.1, 0.15) is 94.4 Å². The van der Waals surface area contributed by atoms with Crippen LogP contribution in [0, 0.1) is 0 Å². The van der Waals surface area contributed by atoms with Gasteiger partial charge in [0, 0.05) is 22.0 Å². The van der Waals surface area contributed by atoms with Gasteiger partial charge >= 0.3 is 29.9 Å². The third-order valence-electron chi connectivity index (χ3n) is 7.84. The predicted octanol–water partition coefficient (Wildman–Crippen LogP) is 8.02. The summed E-state index contributed by atoms with van der Waals surface area (Å²) in [5.41, 5.74) is 0.860. The van der Waals surface area contributed by atoms with E-state index in [0.717, 1.165) is 50.6 Å². The van der Waals surface area contributed by atoms with Crippen molar-refractivity contribution in [3.05, 3.63) is 52.0 Å². The van der Waals surface area contributed by atoms with Crippen LogP contribution in [-0.4, -0.2) is 34.4 Å². The number of hydrogen-bond donors (Lipinski definition) is 0. The Morgan fingerprint density at radius 1 is 0.689 bits per heavy atom. The maximum atomic E-state index is 13.7. The summed E-state index contributed by atoms with van der Waals surface area (Å²) in [5, 5.41) is 1.21. The number of aryl methyl sites for hydroxylation is 1. The van der Waals surface area contributed by atoms with Crippen molar-refractivity contribution in [2.45, 2.75) is 126 Å². The van der Waals surface area contributed by atoms with Gasteiger partial charge in [0.15, 0.2) is 0 Å². The first-order valence-corrected chi connectivity index (χ1v) is 15.2. The average Bonchev–Trinajstić information content (AvgIpc) is 3.68. The minimum Gasteiger partial charge on any atom is -1.00 e. The molecule has 45 heavy (non-hydrogen) atoms. The molecule has 0 spiro atoms. The number of hydrogen-bond acceptors (Lipinski definition) is 0. The van der Waals surface area contributed by atoms with Crippen LogP contribution in [-0.2, 0) is 13.1 Å². The summed E-state index contributed by atoms with van der Waals surface area (Å²) >= 11 is 12.7. The van der Waals surface area contributed by atoms with E-state index in [0.29, 0.717) is 41.8 Å². The van der Waals surface area contributed by atoms with Crippen molar-refractivity contribution >= 4 is 23.2 Å². The van der Waals surface area contributed by atoms with Crippen LogP contribution < -0.4 is 17.0 Å². The third kappa shape index (κ3) is 9.12. The molecule has 0 atom stereocenters. The van der Waals surface area contributed by atoms with Crippen LogP contribution in [0.3, 0.4) is 0 Å². The summed E-state index contributed by atoms with van der Waals surface area (Å²) in [6, 6.07) is 5.41. The smallest absolute Gasteiger partial charge is 0.460 e. The number of benzene rings is 1. The molecular weight excluding hydrogens is 692 g/mol. The van der Waals surface area contributed by atoms with Crippen molar-refractivity contribution in [2.75, 3.05) is 0 Å². The van der Waals surface area contributed by atoms with Gasteiger partial charge in [0.05, 0.1) is 12.5 Å². The molecule has 2 aromatic rings. The standard InChI is InChI=1S/C29H34Cl2F11N2.ClH/c30-22-11-10-12-23(31)21(22)19-44-18-17-43(24(44)20-13-14-20)16-9-7-5-3-1-2-4-6-8-15-25(32,33)26(34,35)27(36,37)28(38,39)29(40,41)42;/h10-12,17-18,20H,1-9,13-16,19H2;1H/q+1;/p-1. The average molecular weight is 726 g/mol. The molecule has 258 valence electrons. The lowest BCUT2D eigenvalue weighted by molar-refractivity contribution is -0.695. The van der Waals surface area contributed by atoms with Crippen LogP contribution in [0.2, 0.25) is 10.0 Å². The number of alkyl halides is 11. The zero-order valence-electron chi connectivity index (χ0n) is 24.0. The Labute approximate surface area is 270 Å². The maximum absolute atomic E-state index is 13.7.